The Balaban J connectivity index is 0. The van der Waals surface area contributed by atoms with Gasteiger partial charge in [-0.3, -0.25) is 9.80 Å². The number of carbonyl (C=O) groups excluding carboxylic acids is 1. The lowest BCUT2D eigenvalue weighted by Gasteiger charge is -2.15. The summed E-state index contributed by atoms with van der Waals surface area (Å²) in [6.07, 6.45) is 3.21. The number of rotatable bonds is 5. The summed E-state index contributed by atoms with van der Waals surface area (Å²) in [5.41, 5.74) is 0.494. The molecule has 0 unspecified atom stereocenters. The maximum Gasteiger partial charge on any atom is 0.262 e. The summed E-state index contributed by atoms with van der Waals surface area (Å²) in [4.78, 5) is 11.1. The minimum atomic E-state index is -0.161. The monoisotopic (exact) mass is 187 g/mol. The molecular weight excluding hydrogens is 166 g/mol. The van der Waals surface area contributed by atoms with Crippen LogP contribution < -0.4 is 12.0 Å². The first kappa shape index (κ1) is 14.6. The van der Waals surface area contributed by atoms with Crippen LogP contribution in [0.25, 0.3) is 0 Å². The summed E-state index contributed by atoms with van der Waals surface area (Å²) < 4.78 is 0. The second kappa shape index (κ2) is 7.76. The Hall–Kier alpha value is -0.870. The molecular formula is C9H21N3O. The zero-order chi connectivity index (χ0) is 9.56. The van der Waals surface area contributed by atoms with E-state index in [4.69, 9.17) is 5.84 Å². The van der Waals surface area contributed by atoms with Crippen LogP contribution in [0.4, 0.5) is 0 Å². The van der Waals surface area contributed by atoms with E-state index in [1.54, 1.807) is 6.92 Å². The molecule has 78 valence electrons. The first-order valence-electron chi connectivity index (χ1n) is 4.31. The maximum atomic E-state index is 11.1. The van der Waals surface area contributed by atoms with Crippen molar-refractivity contribution in [1.82, 2.24) is 11.2 Å². The fourth-order valence-electron chi connectivity index (χ4n) is 0.879. The van der Waals surface area contributed by atoms with Crippen LogP contribution in [0, 0.1) is 0 Å². The van der Waals surface area contributed by atoms with Crippen LogP contribution in [0.2, 0.25) is 0 Å². The molecule has 0 rings (SSSR count). The zero-order valence-electron chi connectivity index (χ0n) is 8.68. The third-order valence-electron chi connectivity index (χ3n) is 1.63. The van der Waals surface area contributed by atoms with E-state index >= 15 is 0 Å². The molecule has 0 bridgehead atoms. The van der Waals surface area contributed by atoms with Gasteiger partial charge >= 0.3 is 0 Å². The SMILES string of the molecule is C=C(C)C(=O)N(N)CCCCC.N. The number of hydrogen-bond acceptors (Lipinski definition) is 3. The number of nitrogens with two attached hydrogens (primary N) is 1. The highest BCUT2D eigenvalue weighted by Gasteiger charge is 2.08. The number of hydrazine groups is 1. The van der Waals surface area contributed by atoms with Gasteiger partial charge in [0.15, 0.2) is 0 Å². The Morgan fingerprint density at radius 2 is 2.00 bits per heavy atom. The molecule has 4 nitrogen and oxygen atoms in total. The first-order chi connectivity index (χ1) is 5.59. The average molecular weight is 187 g/mol. The lowest BCUT2D eigenvalue weighted by atomic mass is 10.2. The standard InChI is InChI=1S/C9H18N2O.H3N/c1-4-5-6-7-11(10)9(12)8(2)3;/h2,4-7,10H2,1,3H3;1H3. The van der Waals surface area contributed by atoms with Gasteiger partial charge in [-0.25, -0.2) is 5.84 Å². The molecule has 0 aromatic rings. The lowest BCUT2D eigenvalue weighted by Crippen LogP contribution is -2.38. The first-order valence-corrected chi connectivity index (χ1v) is 4.31. The molecule has 1 amide bonds. The fraction of sp³-hybridized carbons (Fsp3) is 0.667. The Bertz CT molecular complexity index is 168. The number of hydrogen-bond donors (Lipinski definition) is 2. The summed E-state index contributed by atoms with van der Waals surface area (Å²) in [6.45, 7) is 7.94. The molecule has 0 aliphatic heterocycles. The van der Waals surface area contributed by atoms with Crippen LogP contribution in [0.1, 0.15) is 33.1 Å². The highest BCUT2D eigenvalue weighted by molar-refractivity contribution is 5.91. The molecule has 0 aliphatic rings. The van der Waals surface area contributed by atoms with Crippen LogP contribution in [0.15, 0.2) is 12.2 Å². The molecule has 0 saturated carbocycles. The molecule has 0 saturated heterocycles. The van der Waals surface area contributed by atoms with E-state index in [0.717, 1.165) is 19.3 Å². The smallest absolute Gasteiger partial charge is 0.262 e. The minimum Gasteiger partial charge on any atom is -0.344 e. The highest BCUT2D eigenvalue weighted by atomic mass is 16.2. The van der Waals surface area contributed by atoms with Gasteiger partial charge in [-0.05, 0) is 13.3 Å². The van der Waals surface area contributed by atoms with Crippen LogP contribution in [0.3, 0.4) is 0 Å². The quantitative estimate of drug-likeness (QED) is 0.225. The van der Waals surface area contributed by atoms with Crippen LogP contribution >= 0.6 is 0 Å². The van der Waals surface area contributed by atoms with Crippen molar-refractivity contribution in [2.24, 2.45) is 5.84 Å². The van der Waals surface area contributed by atoms with E-state index < -0.39 is 0 Å². The van der Waals surface area contributed by atoms with Gasteiger partial charge in [0, 0.05) is 12.1 Å². The second-order valence-electron chi connectivity index (χ2n) is 2.99. The Kier molecular flexibility index (Phi) is 8.74. The van der Waals surface area contributed by atoms with Gasteiger partial charge in [-0.15, -0.1) is 0 Å². The third-order valence-corrected chi connectivity index (χ3v) is 1.63. The zero-order valence-corrected chi connectivity index (χ0v) is 8.68. The van der Waals surface area contributed by atoms with Crippen molar-refractivity contribution in [2.45, 2.75) is 33.1 Å². The normalized spacial score (nSPS) is 8.85. The summed E-state index contributed by atoms with van der Waals surface area (Å²) in [5, 5.41) is 1.23. The van der Waals surface area contributed by atoms with E-state index in [2.05, 4.69) is 13.5 Å². The van der Waals surface area contributed by atoms with Crippen molar-refractivity contribution < 1.29 is 4.79 Å². The van der Waals surface area contributed by atoms with Crippen LogP contribution in [-0.2, 0) is 4.79 Å². The van der Waals surface area contributed by atoms with Gasteiger partial charge in [0.1, 0.15) is 0 Å². The molecule has 0 aliphatic carbocycles. The van der Waals surface area contributed by atoms with E-state index in [1.165, 1.54) is 5.01 Å². The highest BCUT2D eigenvalue weighted by Crippen LogP contribution is 1.98. The molecule has 0 fully saturated rings. The van der Waals surface area contributed by atoms with Gasteiger partial charge in [-0.1, -0.05) is 26.3 Å². The second-order valence-corrected chi connectivity index (χ2v) is 2.99. The Morgan fingerprint density at radius 1 is 1.46 bits per heavy atom. The van der Waals surface area contributed by atoms with Crippen molar-refractivity contribution in [3.63, 3.8) is 0 Å². The predicted octanol–water partition coefficient (Wildman–Crippen LogP) is 1.62. The molecule has 0 spiro atoms. The van der Waals surface area contributed by atoms with Gasteiger partial charge in [0.25, 0.3) is 5.91 Å². The molecule has 5 N–H and O–H groups in total. The molecule has 0 aromatic heterocycles. The molecule has 0 atom stereocenters. The summed E-state index contributed by atoms with van der Waals surface area (Å²) in [6, 6.07) is 0. The Morgan fingerprint density at radius 3 is 2.38 bits per heavy atom. The van der Waals surface area contributed by atoms with Crippen LogP contribution in [-0.4, -0.2) is 17.5 Å². The minimum absolute atomic E-state index is 0. The summed E-state index contributed by atoms with van der Waals surface area (Å²) in [7, 11) is 0. The predicted molar refractivity (Wildman–Crippen MR) is 55.3 cm³/mol. The fourth-order valence-corrected chi connectivity index (χ4v) is 0.879. The van der Waals surface area contributed by atoms with Crippen molar-refractivity contribution in [1.29, 1.82) is 0 Å². The topological polar surface area (TPSA) is 81.3 Å². The number of nitrogens with zero attached hydrogens (tertiary/aromatic N) is 1. The van der Waals surface area contributed by atoms with Gasteiger partial charge < -0.3 is 6.15 Å². The molecule has 0 aromatic carbocycles. The number of amides is 1. The molecule has 13 heavy (non-hydrogen) atoms. The van der Waals surface area contributed by atoms with Crippen molar-refractivity contribution >= 4 is 5.91 Å². The molecule has 4 heteroatoms. The van der Waals surface area contributed by atoms with Gasteiger partial charge in [0.05, 0.1) is 0 Å². The maximum absolute atomic E-state index is 11.1. The largest absolute Gasteiger partial charge is 0.344 e. The summed E-state index contributed by atoms with van der Waals surface area (Å²) >= 11 is 0. The summed E-state index contributed by atoms with van der Waals surface area (Å²) in [5.74, 6) is 5.32. The van der Waals surface area contributed by atoms with E-state index in [-0.39, 0.29) is 12.1 Å². The van der Waals surface area contributed by atoms with E-state index in [1.807, 2.05) is 0 Å². The lowest BCUT2D eigenvalue weighted by molar-refractivity contribution is -0.127. The number of carbonyl (C=O) groups is 1. The van der Waals surface area contributed by atoms with E-state index in [0.29, 0.717) is 12.1 Å². The van der Waals surface area contributed by atoms with Crippen molar-refractivity contribution in [3.8, 4) is 0 Å². The van der Waals surface area contributed by atoms with Crippen LogP contribution in [0.5, 0.6) is 0 Å². The Labute approximate surface area is 80.3 Å². The number of unbranched alkanes of at least 4 members (excludes halogenated alkanes) is 2. The van der Waals surface area contributed by atoms with Gasteiger partial charge in [0.2, 0.25) is 0 Å². The van der Waals surface area contributed by atoms with Crippen molar-refractivity contribution in [2.75, 3.05) is 6.54 Å². The molecule has 0 radical (unpaired) electrons. The molecule has 0 heterocycles. The third kappa shape index (κ3) is 6.31. The van der Waals surface area contributed by atoms with E-state index in [9.17, 15) is 4.79 Å². The van der Waals surface area contributed by atoms with Gasteiger partial charge in [-0.2, -0.15) is 0 Å². The van der Waals surface area contributed by atoms with Crippen molar-refractivity contribution in [3.05, 3.63) is 12.2 Å². The average Bonchev–Trinajstić information content (AvgIpc) is 2.03.